The second-order valence-corrected chi connectivity index (χ2v) is 8.54. The number of piperidine rings is 1. The molecule has 0 saturated carbocycles. The Balaban J connectivity index is 1.54. The zero-order valence-electron chi connectivity index (χ0n) is 17.5. The van der Waals surface area contributed by atoms with Gasteiger partial charge in [0.2, 0.25) is 0 Å². The third-order valence-corrected chi connectivity index (χ3v) is 5.13. The standard InChI is InChI=1S/C24H30N2O3/c1-24(2,3)19-10-12-21(13-11-19)29-17-22(27)25-20-9-7-8-18(16-20)23(28)26-14-5-4-6-15-26/h7-13,16H,4-6,14-15,17H2,1-3H3,(H,25,27). The summed E-state index contributed by atoms with van der Waals surface area (Å²) in [7, 11) is 0. The quantitative estimate of drug-likeness (QED) is 0.804. The van der Waals surface area contributed by atoms with Crippen LogP contribution in [-0.2, 0) is 10.2 Å². The summed E-state index contributed by atoms with van der Waals surface area (Å²) >= 11 is 0. The molecule has 2 aromatic carbocycles. The first-order valence-corrected chi connectivity index (χ1v) is 10.3. The zero-order valence-corrected chi connectivity index (χ0v) is 17.5. The third-order valence-electron chi connectivity index (χ3n) is 5.13. The Morgan fingerprint density at radius 2 is 1.69 bits per heavy atom. The number of hydrogen-bond donors (Lipinski definition) is 1. The monoisotopic (exact) mass is 394 g/mol. The van der Waals surface area contributed by atoms with Crippen LogP contribution in [0.1, 0.15) is 56.0 Å². The van der Waals surface area contributed by atoms with E-state index in [1.54, 1.807) is 24.3 Å². The molecule has 5 nitrogen and oxygen atoms in total. The molecule has 1 aliphatic rings. The van der Waals surface area contributed by atoms with Gasteiger partial charge < -0.3 is 15.0 Å². The van der Waals surface area contributed by atoms with Crippen molar-refractivity contribution < 1.29 is 14.3 Å². The van der Waals surface area contributed by atoms with E-state index in [1.165, 1.54) is 12.0 Å². The summed E-state index contributed by atoms with van der Waals surface area (Å²) in [5.74, 6) is 0.422. The summed E-state index contributed by atoms with van der Waals surface area (Å²) in [6.45, 7) is 7.98. The fourth-order valence-corrected chi connectivity index (χ4v) is 3.41. The van der Waals surface area contributed by atoms with E-state index in [-0.39, 0.29) is 23.8 Å². The maximum absolute atomic E-state index is 12.6. The van der Waals surface area contributed by atoms with E-state index in [1.807, 2.05) is 29.2 Å². The molecule has 0 radical (unpaired) electrons. The van der Waals surface area contributed by atoms with Crippen molar-refractivity contribution in [1.82, 2.24) is 4.90 Å². The number of nitrogens with one attached hydrogen (secondary N) is 1. The second kappa shape index (κ2) is 9.12. The van der Waals surface area contributed by atoms with Gasteiger partial charge in [0.15, 0.2) is 6.61 Å². The van der Waals surface area contributed by atoms with Crippen LogP contribution < -0.4 is 10.1 Å². The minimum atomic E-state index is -0.257. The highest BCUT2D eigenvalue weighted by Gasteiger charge is 2.18. The van der Waals surface area contributed by atoms with Crippen LogP contribution >= 0.6 is 0 Å². The molecule has 29 heavy (non-hydrogen) atoms. The number of likely N-dealkylation sites (tertiary alicyclic amines) is 1. The average molecular weight is 395 g/mol. The van der Waals surface area contributed by atoms with Gasteiger partial charge in [-0.3, -0.25) is 9.59 Å². The molecular weight excluding hydrogens is 364 g/mol. The fourth-order valence-electron chi connectivity index (χ4n) is 3.41. The van der Waals surface area contributed by atoms with E-state index in [0.717, 1.165) is 25.9 Å². The van der Waals surface area contributed by atoms with Crippen molar-refractivity contribution in [3.05, 3.63) is 59.7 Å². The van der Waals surface area contributed by atoms with E-state index < -0.39 is 0 Å². The van der Waals surface area contributed by atoms with E-state index in [0.29, 0.717) is 17.0 Å². The zero-order chi connectivity index (χ0) is 20.9. The highest BCUT2D eigenvalue weighted by molar-refractivity contribution is 5.97. The van der Waals surface area contributed by atoms with E-state index in [2.05, 4.69) is 26.1 Å². The molecule has 154 valence electrons. The molecule has 1 fully saturated rings. The summed E-state index contributed by atoms with van der Waals surface area (Å²) in [4.78, 5) is 26.8. The minimum absolute atomic E-state index is 0.0241. The van der Waals surface area contributed by atoms with Gasteiger partial charge in [-0.05, 0) is 60.6 Å². The fraction of sp³-hybridized carbons (Fsp3) is 0.417. The molecule has 1 N–H and O–H groups in total. The SMILES string of the molecule is CC(C)(C)c1ccc(OCC(=O)Nc2cccc(C(=O)N3CCCCC3)c2)cc1. The van der Waals surface area contributed by atoms with Gasteiger partial charge in [0.25, 0.3) is 11.8 Å². The number of benzene rings is 2. The number of ether oxygens (including phenoxy) is 1. The predicted molar refractivity (Wildman–Crippen MR) is 115 cm³/mol. The molecule has 0 aliphatic carbocycles. The molecular formula is C24H30N2O3. The van der Waals surface area contributed by atoms with Gasteiger partial charge in [-0.2, -0.15) is 0 Å². The Morgan fingerprint density at radius 3 is 2.34 bits per heavy atom. The Kier molecular flexibility index (Phi) is 6.57. The van der Waals surface area contributed by atoms with Gasteiger partial charge in [0.05, 0.1) is 0 Å². The summed E-state index contributed by atoms with van der Waals surface area (Å²) in [6, 6.07) is 14.9. The van der Waals surface area contributed by atoms with Crippen LogP contribution in [0.15, 0.2) is 48.5 Å². The summed E-state index contributed by atoms with van der Waals surface area (Å²) in [6.07, 6.45) is 3.28. The van der Waals surface area contributed by atoms with E-state index in [4.69, 9.17) is 4.74 Å². The third kappa shape index (κ3) is 5.83. The van der Waals surface area contributed by atoms with Crippen molar-refractivity contribution in [3.8, 4) is 5.75 Å². The second-order valence-electron chi connectivity index (χ2n) is 8.54. The van der Waals surface area contributed by atoms with E-state index in [9.17, 15) is 9.59 Å². The van der Waals surface area contributed by atoms with Gasteiger partial charge in [0.1, 0.15) is 5.75 Å². The van der Waals surface area contributed by atoms with Crippen molar-refractivity contribution >= 4 is 17.5 Å². The average Bonchev–Trinajstić information content (AvgIpc) is 2.72. The number of nitrogens with zero attached hydrogens (tertiary/aromatic N) is 1. The van der Waals surface area contributed by atoms with Crippen molar-refractivity contribution in [2.75, 3.05) is 25.0 Å². The van der Waals surface area contributed by atoms with Crippen LogP contribution in [0.5, 0.6) is 5.75 Å². The Bertz CT molecular complexity index is 847. The van der Waals surface area contributed by atoms with Crippen LogP contribution in [0.3, 0.4) is 0 Å². The van der Waals surface area contributed by atoms with Gasteiger partial charge >= 0.3 is 0 Å². The molecule has 1 aliphatic heterocycles. The van der Waals surface area contributed by atoms with Crippen molar-refractivity contribution in [3.63, 3.8) is 0 Å². The molecule has 1 heterocycles. The first kappa shape index (κ1) is 20.9. The van der Waals surface area contributed by atoms with Gasteiger partial charge in [-0.25, -0.2) is 0 Å². The normalized spacial score (nSPS) is 14.4. The largest absolute Gasteiger partial charge is 0.484 e. The maximum atomic E-state index is 12.6. The maximum Gasteiger partial charge on any atom is 0.262 e. The predicted octanol–water partition coefficient (Wildman–Crippen LogP) is 4.63. The number of carbonyl (C=O) groups is 2. The molecule has 0 unspecified atom stereocenters. The van der Waals surface area contributed by atoms with Crippen LogP contribution in [-0.4, -0.2) is 36.4 Å². The highest BCUT2D eigenvalue weighted by Crippen LogP contribution is 2.24. The van der Waals surface area contributed by atoms with Crippen molar-refractivity contribution in [2.24, 2.45) is 0 Å². The first-order chi connectivity index (χ1) is 13.8. The van der Waals surface area contributed by atoms with Gasteiger partial charge in [-0.15, -0.1) is 0 Å². The van der Waals surface area contributed by atoms with Crippen LogP contribution in [0, 0.1) is 0 Å². The molecule has 0 atom stereocenters. The van der Waals surface area contributed by atoms with Crippen LogP contribution in [0.4, 0.5) is 5.69 Å². The van der Waals surface area contributed by atoms with Crippen molar-refractivity contribution in [2.45, 2.75) is 45.4 Å². The lowest BCUT2D eigenvalue weighted by molar-refractivity contribution is -0.118. The highest BCUT2D eigenvalue weighted by atomic mass is 16.5. The lowest BCUT2D eigenvalue weighted by Gasteiger charge is -2.26. The summed E-state index contributed by atoms with van der Waals surface area (Å²) in [5, 5.41) is 2.81. The van der Waals surface area contributed by atoms with Crippen LogP contribution in [0.25, 0.3) is 0 Å². The molecule has 5 heteroatoms. The molecule has 0 aromatic heterocycles. The van der Waals surface area contributed by atoms with Gasteiger partial charge in [0, 0.05) is 24.3 Å². The molecule has 2 aromatic rings. The molecule has 1 saturated heterocycles. The Labute approximate surface area is 173 Å². The first-order valence-electron chi connectivity index (χ1n) is 10.3. The number of carbonyl (C=O) groups excluding carboxylic acids is 2. The van der Waals surface area contributed by atoms with E-state index >= 15 is 0 Å². The number of anilines is 1. The van der Waals surface area contributed by atoms with Gasteiger partial charge in [-0.1, -0.05) is 39.0 Å². The van der Waals surface area contributed by atoms with Crippen LogP contribution in [0.2, 0.25) is 0 Å². The summed E-state index contributed by atoms with van der Waals surface area (Å²) in [5.41, 5.74) is 2.49. The Morgan fingerprint density at radius 1 is 1.00 bits per heavy atom. The smallest absolute Gasteiger partial charge is 0.262 e. The lowest BCUT2D eigenvalue weighted by Crippen LogP contribution is -2.35. The number of amides is 2. The Hall–Kier alpha value is -2.82. The molecule has 0 bridgehead atoms. The molecule has 2 amide bonds. The lowest BCUT2D eigenvalue weighted by atomic mass is 9.87. The molecule has 0 spiro atoms. The topological polar surface area (TPSA) is 58.6 Å². The number of hydrogen-bond acceptors (Lipinski definition) is 3. The minimum Gasteiger partial charge on any atom is -0.484 e. The summed E-state index contributed by atoms with van der Waals surface area (Å²) < 4.78 is 5.59. The molecule has 3 rings (SSSR count). The van der Waals surface area contributed by atoms with Crippen molar-refractivity contribution in [1.29, 1.82) is 0 Å². The number of rotatable bonds is 5.